The van der Waals surface area contributed by atoms with E-state index in [1.165, 1.54) is 57.6 Å². The highest BCUT2D eigenvalue weighted by Gasteiger charge is 2.23. The lowest BCUT2D eigenvalue weighted by atomic mass is 9.77. The van der Waals surface area contributed by atoms with Gasteiger partial charge in [0, 0.05) is 17.3 Å². The Kier molecular flexibility index (Phi) is 7.52. The second-order valence-electron chi connectivity index (χ2n) is 8.16. The number of benzene rings is 1. The summed E-state index contributed by atoms with van der Waals surface area (Å²) >= 11 is 0. The molecule has 4 heteroatoms. The quantitative estimate of drug-likeness (QED) is 0.331. The van der Waals surface area contributed by atoms with Crippen molar-refractivity contribution in [3.05, 3.63) is 53.6 Å². The summed E-state index contributed by atoms with van der Waals surface area (Å²) in [5, 5.41) is 0. The Morgan fingerprint density at radius 3 is 2.32 bits per heavy atom. The van der Waals surface area contributed by atoms with Gasteiger partial charge in [-0.15, -0.1) is 0 Å². The predicted octanol–water partition coefficient (Wildman–Crippen LogP) is 7.80. The van der Waals surface area contributed by atoms with E-state index in [-0.39, 0.29) is 11.1 Å². The zero-order valence-corrected chi connectivity index (χ0v) is 16.7. The van der Waals surface area contributed by atoms with Crippen LogP contribution >= 0.6 is 0 Å². The third-order valence-corrected chi connectivity index (χ3v) is 6.13. The van der Waals surface area contributed by atoms with Crippen molar-refractivity contribution in [3.8, 4) is 11.1 Å². The molecule has 0 unspecified atom stereocenters. The number of aromatic nitrogens is 1. The predicted molar refractivity (Wildman–Crippen MR) is 108 cm³/mol. The van der Waals surface area contributed by atoms with Gasteiger partial charge in [0.05, 0.1) is 0 Å². The van der Waals surface area contributed by atoms with E-state index < -0.39 is 17.6 Å². The summed E-state index contributed by atoms with van der Waals surface area (Å²) in [4.78, 5) is 3.35. The van der Waals surface area contributed by atoms with Crippen LogP contribution in [0.5, 0.6) is 0 Å². The summed E-state index contributed by atoms with van der Waals surface area (Å²) in [5.41, 5.74) is 1.53. The van der Waals surface area contributed by atoms with E-state index in [0.29, 0.717) is 5.92 Å². The van der Waals surface area contributed by atoms with E-state index >= 15 is 0 Å². The highest BCUT2D eigenvalue weighted by atomic mass is 19.2. The molecule has 1 nitrogen and oxygen atoms in total. The fraction of sp³-hybridized carbons (Fsp3) is 0.542. The van der Waals surface area contributed by atoms with Crippen LogP contribution in [-0.4, -0.2) is 4.98 Å². The number of pyridine rings is 1. The minimum Gasteiger partial charge on any atom is -0.225 e. The highest BCUT2D eigenvalue weighted by Crippen LogP contribution is 2.39. The first kappa shape index (κ1) is 20.9. The Bertz CT molecular complexity index is 766. The Morgan fingerprint density at radius 1 is 0.893 bits per heavy atom. The molecule has 0 bridgehead atoms. The van der Waals surface area contributed by atoms with Gasteiger partial charge < -0.3 is 0 Å². The van der Waals surface area contributed by atoms with Crippen LogP contribution in [0.2, 0.25) is 0 Å². The molecule has 0 saturated heterocycles. The summed E-state index contributed by atoms with van der Waals surface area (Å²) in [6.07, 6.45) is 13.8. The van der Waals surface area contributed by atoms with Gasteiger partial charge in [-0.1, -0.05) is 57.6 Å². The summed E-state index contributed by atoms with van der Waals surface area (Å²) in [7, 11) is 0. The normalized spacial score (nSPS) is 19.7. The van der Waals surface area contributed by atoms with Gasteiger partial charge in [0.25, 0.3) is 0 Å². The lowest BCUT2D eigenvalue weighted by Crippen LogP contribution is -2.13. The first-order chi connectivity index (χ1) is 13.6. The van der Waals surface area contributed by atoms with E-state index in [2.05, 4.69) is 11.9 Å². The molecule has 0 amide bonds. The van der Waals surface area contributed by atoms with Crippen LogP contribution in [0.4, 0.5) is 13.2 Å². The van der Waals surface area contributed by atoms with Gasteiger partial charge in [-0.05, 0) is 55.2 Å². The Balaban J connectivity index is 1.55. The number of nitrogens with zero attached hydrogens (tertiary/aromatic N) is 1. The zero-order valence-electron chi connectivity index (χ0n) is 16.7. The maximum Gasteiger partial charge on any atom is 0.248 e. The van der Waals surface area contributed by atoms with Crippen LogP contribution < -0.4 is 0 Å². The Labute approximate surface area is 166 Å². The smallest absolute Gasteiger partial charge is 0.225 e. The standard InChI is InChI=1S/C24H30F3N/c1-2-3-4-5-6-7-17-8-10-18(11-9-17)19-12-13-21(22(25)14-19)20-15-23(26)24(27)28-16-20/h12-18H,2-11H2,1H3/t17-,18-. The molecule has 28 heavy (non-hydrogen) atoms. The largest absolute Gasteiger partial charge is 0.248 e. The van der Waals surface area contributed by atoms with Gasteiger partial charge >= 0.3 is 0 Å². The van der Waals surface area contributed by atoms with Gasteiger partial charge in [-0.3, -0.25) is 0 Å². The van der Waals surface area contributed by atoms with Crippen LogP contribution in [0, 0.1) is 23.5 Å². The molecular formula is C24H30F3N. The topological polar surface area (TPSA) is 12.9 Å². The maximum absolute atomic E-state index is 14.6. The van der Waals surface area contributed by atoms with Crippen molar-refractivity contribution in [3.63, 3.8) is 0 Å². The molecule has 1 aromatic heterocycles. The molecule has 1 aromatic carbocycles. The third kappa shape index (κ3) is 5.36. The molecule has 1 saturated carbocycles. The first-order valence-corrected chi connectivity index (χ1v) is 10.7. The number of hydrogen-bond acceptors (Lipinski definition) is 1. The van der Waals surface area contributed by atoms with E-state index in [4.69, 9.17) is 0 Å². The van der Waals surface area contributed by atoms with Gasteiger partial charge in [0.15, 0.2) is 5.82 Å². The number of unbranched alkanes of at least 4 members (excludes halogenated alkanes) is 4. The fourth-order valence-corrected chi connectivity index (χ4v) is 4.41. The first-order valence-electron chi connectivity index (χ1n) is 10.7. The monoisotopic (exact) mass is 389 g/mol. The summed E-state index contributed by atoms with van der Waals surface area (Å²) in [5.74, 6) is -1.42. The van der Waals surface area contributed by atoms with E-state index in [9.17, 15) is 13.2 Å². The van der Waals surface area contributed by atoms with Crippen LogP contribution in [-0.2, 0) is 0 Å². The minimum atomic E-state index is -1.16. The molecular weight excluding hydrogens is 359 g/mol. The number of rotatable bonds is 8. The van der Waals surface area contributed by atoms with Crippen molar-refractivity contribution < 1.29 is 13.2 Å². The van der Waals surface area contributed by atoms with E-state index in [1.54, 1.807) is 12.1 Å². The third-order valence-electron chi connectivity index (χ3n) is 6.13. The second-order valence-corrected chi connectivity index (χ2v) is 8.16. The Morgan fingerprint density at radius 2 is 1.64 bits per heavy atom. The van der Waals surface area contributed by atoms with Gasteiger partial charge in [-0.25, -0.2) is 13.8 Å². The molecule has 1 heterocycles. The minimum absolute atomic E-state index is 0.259. The molecule has 0 aliphatic heterocycles. The van der Waals surface area contributed by atoms with Crippen molar-refractivity contribution in [2.75, 3.05) is 0 Å². The van der Waals surface area contributed by atoms with Gasteiger partial charge in [-0.2, -0.15) is 4.39 Å². The van der Waals surface area contributed by atoms with Crippen molar-refractivity contribution >= 4 is 0 Å². The zero-order chi connectivity index (χ0) is 19.9. The number of hydrogen-bond donors (Lipinski definition) is 0. The average molecular weight is 390 g/mol. The molecule has 0 atom stereocenters. The summed E-state index contributed by atoms with van der Waals surface area (Å²) < 4.78 is 41.0. The van der Waals surface area contributed by atoms with Crippen molar-refractivity contribution in [1.82, 2.24) is 4.98 Å². The maximum atomic E-state index is 14.6. The molecule has 0 N–H and O–H groups in total. The van der Waals surface area contributed by atoms with Crippen LogP contribution in [0.15, 0.2) is 30.5 Å². The average Bonchev–Trinajstić information content (AvgIpc) is 2.70. The Hall–Kier alpha value is -1.84. The van der Waals surface area contributed by atoms with Crippen LogP contribution in [0.25, 0.3) is 11.1 Å². The molecule has 0 radical (unpaired) electrons. The molecule has 152 valence electrons. The fourth-order valence-electron chi connectivity index (χ4n) is 4.41. The van der Waals surface area contributed by atoms with Crippen LogP contribution in [0.3, 0.4) is 0 Å². The lowest BCUT2D eigenvalue weighted by molar-refractivity contribution is 0.301. The molecule has 3 rings (SSSR count). The highest BCUT2D eigenvalue weighted by molar-refractivity contribution is 5.63. The van der Waals surface area contributed by atoms with Crippen molar-refractivity contribution in [2.45, 2.75) is 77.0 Å². The molecule has 1 fully saturated rings. The SMILES string of the molecule is CCCCCCC[C@H]1CC[C@H](c2ccc(-c3cnc(F)c(F)c3)c(F)c2)CC1. The van der Waals surface area contributed by atoms with Gasteiger partial charge in [0.2, 0.25) is 5.95 Å². The second kappa shape index (κ2) is 10.1. The summed E-state index contributed by atoms with van der Waals surface area (Å²) in [6, 6.07) is 6.15. The molecule has 1 aliphatic rings. The van der Waals surface area contributed by atoms with Crippen molar-refractivity contribution in [1.29, 1.82) is 0 Å². The molecule has 0 spiro atoms. The van der Waals surface area contributed by atoms with E-state index in [1.807, 2.05) is 6.07 Å². The molecule has 1 aliphatic carbocycles. The lowest BCUT2D eigenvalue weighted by Gasteiger charge is -2.29. The van der Waals surface area contributed by atoms with Crippen molar-refractivity contribution in [2.24, 2.45) is 5.92 Å². The summed E-state index contributed by atoms with van der Waals surface area (Å²) in [6.45, 7) is 2.24. The van der Waals surface area contributed by atoms with Gasteiger partial charge in [0.1, 0.15) is 5.82 Å². The number of halogens is 3. The molecule has 2 aromatic rings. The van der Waals surface area contributed by atoms with Crippen LogP contribution in [0.1, 0.15) is 82.6 Å². The van der Waals surface area contributed by atoms with E-state index in [0.717, 1.165) is 30.4 Å².